The van der Waals surface area contributed by atoms with Crippen molar-refractivity contribution < 1.29 is 4.42 Å². The number of halogens is 1. The lowest BCUT2D eigenvalue weighted by Crippen LogP contribution is -2.03. The molecule has 12 heavy (non-hydrogen) atoms. The van der Waals surface area contributed by atoms with E-state index in [-0.39, 0.29) is 0 Å². The average molecular weight is 188 g/mol. The molecule has 0 radical (unpaired) electrons. The van der Waals surface area contributed by atoms with Gasteiger partial charge in [-0.25, -0.2) is 4.98 Å². The molecule has 1 unspecified atom stereocenters. The fourth-order valence-corrected chi connectivity index (χ4v) is 1.25. The minimum atomic E-state index is 0.390. The van der Waals surface area contributed by atoms with Crippen molar-refractivity contribution >= 4 is 11.6 Å². The van der Waals surface area contributed by atoms with E-state index in [1.807, 2.05) is 0 Å². The van der Waals surface area contributed by atoms with E-state index >= 15 is 0 Å². The number of alkyl halides is 1. The van der Waals surface area contributed by atoms with Crippen molar-refractivity contribution in [2.24, 2.45) is 5.92 Å². The summed E-state index contributed by atoms with van der Waals surface area (Å²) in [4.78, 5) is 4.04. The fraction of sp³-hybridized carbons (Fsp3) is 0.667. The number of oxazole rings is 1. The molecule has 68 valence electrons. The van der Waals surface area contributed by atoms with Gasteiger partial charge in [-0.1, -0.05) is 20.8 Å². The summed E-state index contributed by atoms with van der Waals surface area (Å²) in [5.74, 6) is 2.31. The average Bonchev–Trinajstić information content (AvgIpc) is 2.49. The quantitative estimate of drug-likeness (QED) is 0.680. The Morgan fingerprint density at radius 1 is 1.50 bits per heavy atom. The highest BCUT2D eigenvalue weighted by molar-refractivity contribution is 6.16. The summed E-state index contributed by atoms with van der Waals surface area (Å²) in [6.45, 7) is 6.44. The van der Waals surface area contributed by atoms with Crippen molar-refractivity contribution in [3.05, 3.63) is 17.8 Å². The van der Waals surface area contributed by atoms with Gasteiger partial charge in [0.2, 0.25) is 0 Å². The second-order valence-corrected chi connectivity index (χ2v) is 3.60. The highest BCUT2D eigenvalue weighted by Gasteiger charge is 2.17. The molecule has 2 nitrogen and oxygen atoms in total. The van der Waals surface area contributed by atoms with Gasteiger partial charge in [-0.2, -0.15) is 0 Å². The predicted octanol–water partition coefficient (Wildman–Crippen LogP) is 3.17. The summed E-state index contributed by atoms with van der Waals surface area (Å²) in [6, 6.07) is 0. The lowest BCUT2D eigenvalue weighted by atomic mass is 9.95. The van der Waals surface area contributed by atoms with E-state index in [0.29, 0.717) is 17.7 Å². The maximum absolute atomic E-state index is 5.70. The predicted molar refractivity (Wildman–Crippen MR) is 49.3 cm³/mol. The molecular weight excluding hydrogens is 174 g/mol. The van der Waals surface area contributed by atoms with Crippen molar-refractivity contribution in [3.63, 3.8) is 0 Å². The first-order chi connectivity index (χ1) is 5.66. The molecule has 0 saturated heterocycles. The van der Waals surface area contributed by atoms with Crippen LogP contribution in [0.15, 0.2) is 10.8 Å². The molecule has 0 aliphatic heterocycles. The van der Waals surface area contributed by atoms with Crippen LogP contribution in [0.25, 0.3) is 0 Å². The highest BCUT2D eigenvalue weighted by atomic mass is 35.5. The first-order valence-corrected chi connectivity index (χ1v) is 4.68. The van der Waals surface area contributed by atoms with Gasteiger partial charge in [0, 0.05) is 5.92 Å². The van der Waals surface area contributed by atoms with E-state index in [4.69, 9.17) is 16.0 Å². The molecule has 1 heterocycles. The Morgan fingerprint density at radius 3 is 2.67 bits per heavy atom. The normalized spacial score (nSPS) is 13.8. The van der Waals surface area contributed by atoms with Gasteiger partial charge in [0.15, 0.2) is 6.39 Å². The SMILES string of the molecule is CC(C)C(C)c1ocnc1CCl. The zero-order chi connectivity index (χ0) is 9.14. The molecule has 0 amide bonds. The second kappa shape index (κ2) is 3.94. The van der Waals surface area contributed by atoms with Crippen molar-refractivity contribution in [2.45, 2.75) is 32.6 Å². The molecule has 1 atom stereocenters. The lowest BCUT2D eigenvalue weighted by molar-refractivity contribution is 0.410. The minimum Gasteiger partial charge on any atom is -0.448 e. The van der Waals surface area contributed by atoms with Crippen LogP contribution in [-0.2, 0) is 5.88 Å². The van der Waals surface area contributed by atoms with Crippen LogP contribution in [0.5, 0.6) is 0 Å². The summed E-state index contributed by atoms with van der Waals surface area (Å²) in [5, 5.41) is 0. The molecule has 1 aromatic rings. The molecule has 0 aromatic carbocycles. The summed E-state index contributed by atoms with van der Waals surface area (Å²) < 4.78 is 5.28. The molecule has 1 rings (SSSR count). The topological polar surface area (TPSA) is 26.0 Å². The first-order valence-electron chi connectivity index (χ1n) is 4.15. The zero-order valence-electron chi connectivity index (χ0n) is 7.67. The maximum Gasteiger partial charge on any atom is 0.181 e. The molecule has 1 aromatic heterocycles. The van der Waals surface area contributed by atoms with Gasteiger partial charge in [-0.05, 0) is 5.92 Å². The van der Waals surface area contributed by atoms with E-state index in [2.05, 4.69) is 25.8 Å². The third kappa shape index (κ3) is 1.81. The maximum atomic E-state index is 5.70. The summed E-state index contributed by atoms with van der Waals surface area (Å²) in [5.41, 5.74) is 0.873. The van der Waals surface area contributed by atoms with Gasteiger partial charge in [-0.3, -0.25) is 0 Å². The summed E-state index contributed by atoms with van der Waals surface area (Å²) in [7, 11) is 0. The van der Waals surface area contributed by atoms with Crippen molar-refractivity contribution in [1.29, 1.82) is 0 Å². The molecule has 3 heteroatoms. The largest absolute Gasteiger partial charge is 0.448 e. The Balaban J connectivity index is 2.86. The number of nitrogens with zero attached hydrogens (tertiary/aromatic N) is 1. The fourth-order valence-electron chi connectivity index (χ4n) is 1.05. The molecule has 0 saturated carbocycles. The van der Waals surface area contributed by atoms with Crippen LogP contribution in [-0.4, -0.2) is 4.98 Å². The van der Waals surface area contributed by atoms with Gasteiger partial charge in [-0.15, -0.1) is 11.6 Å². The minimum absolute atomic E-state index is 0.390. The summed E-state index contributed by atoms with van der Waals surface area (Å²) >= 11 is 5.70. The Morgan fingerprint density at radius 2 is 2.17 bits per heavy atom. The van der Waals surface area contributed by atoms with Crippen molar-refractivity contribution in [3.8, 4) is 0 Å². The number of aromatic nitrogens is 1. The molecule has 0 aliphatic carbocycles. The Labute approximate surface area is 77.9 Å². The van der Waals surface area contributed by atoms with E-state index in [0.717, 1.165) is 11.5 Å². The molecule has 0 N–H and O–H groups in total. The van der Waals surface area contributed by atoms with Crippen LogP contribution in [0.4, 0.5) is 0 Å². The summed E-state index contributed by atoms with van der Waals surface area (Å²) in [6.07, 6.45) is 1.46. The molecule has 0 fully saturated rings. The van der Waals surface area contributed by atoms with Gasteiger partial charge in [0.05, 0.1) is 11.6 Å². The Kier molecular flexibility index (Phi) is 3.15. The number of rotatable bonds is 3. The van der Waals surface area contributed by atoms with Crippen LogP contribution in [0, 0.1) is 5.92 Å². The third-order valence-corrected chi connectivity index (χ3v) is 2.47. The van der Waals surface area contributed by atoms with Gasteiger partial charge < -0.3 is 4.42 Å². The number of hydrogen-bond acceptors (Lipinski definition) is 2. The zero-order valence-corrected chi connectivity index (χ0v) is 8.43. The van der Waals surface area contributed by atoms with Gasteiger partial charge in [0.1, 0.15) is 5.76 Å². The molecular formula is C9H14ClNO. The standard InChI is InChI=1S/C9H14ClNO/c1-6(2)7(3)9-8(4-10)11-5-12-9/h5-7H,4H2,1-3H3. The van der Waals surface area contributed by atoms with Gasteiger partial charge in [0.25, 0.3) is 0 Å². The second-order valence-electron chi connectivity index (χ2n) is 3.33. The van der Waals surface area contributed by atoms with Crippen molar-refractivity contribution in [2.75, 3.05) is 0 Å². The highest BCUT2D eigenvalue weighted by Crippen LogP contribution is 2.26. The molecule has 0 bridgehead atoms. The Bertz CT molecular complexity index is 244. The Hall–Kier alpha value is -0.500. The van der Waals surface area contributed by atoms with E-state index in [9.17, 15) is 0 Å². The van der Waals surface area contributed by atoms with E-state index in [1.165, 1.54) is 6.39 Å². The van der Waals surface area contributed by atoms with E-state index in [1.54, 1.807) is 0 Å². The van der Waals surface area contributed by atoms with Crippen LogP contribution in [0.3, 0.4) is 0 Å². The molecule has 0 aliphatic rings. The lowest BCUT2D eigenvalue weighted by Gasteiger charge is -2.12. The van der Waals surface area contributed by atoms with Crippen LogP contribution < -0.4 is 0 Å². The molecule has 0 spiro atoms. The smallest absolute Gasteiger partial charge is 0.181 e. The van der Waals surface area contributed by atoms with E-state index < -0.39 is 0 Å². The number of hydrogen-bond donors (Lipinski definition) is 0. The van der Waals surface area contributed by atoms with Crippen LogP contribution in [0.1, 0.15) is 38.1 Å². The first kappa shape index (κ1) is 9.59. The van der Waals surface area contributed by atoms with Crippen molar-refractivity contribution in [1.82, 2.24) is 4.98 Å². The van der Waals surface area contributed by atoms with Gasteiger partial charge >= 0.3 is 0 Å². The third-order valence-electron chi connectivity index (χ3n) is 2.21. The monoisotopic (exact) mass is 187 g/mol. The van der Waals surface area contributed by atoms with Crippen LogP contribution in [0.2, 0.25) is 0 Å². The van der Waals surface area contributed by atoms with Crippen LogP contribution >= 0.6 is 11.6 Å².